The number of Topliss-reactive ketones (excluding diaryl/α,β-unsaturated/α-hetero) is 1. The van der Waals surface area contributed by atoms with Gasteiger partial charge in [-0.15, -0.1) is 0 Å². The summed E-state index contributed by atoms with van der Waals surface area (Å²) in [5, 5.41) is 8.92. The summed E-state index contributed by atoms with van der Waals surface area (Å²) >= 11 is 0. The molecule has 0 unspecified atom stereocenters. The summed E-state index contributed by atoms with van der Waals surface area (Å²) in [6, 6.07) is 23.3. The number of anilines is 3. The Kier molecular flexibility index (Phi) is 4.45. The molecule has 0 atom stereocenters. The summed E-state index contributed by atoms with van der Waals surface area (Å²) in [5.74, 6) is -0.387. The van der Waals surface area contributed by atoms with Crippen LogP contribution in [0.3, 0.4) is 0 Å². The lowest BCUT2D eigenvalue weighted by Crippen LogP contribution is -2.12. The van der Waals surface area contributed by atoms with E-state index in [1.165, 1.54) is 0 Å². The first kappa shape index (κ1) is 14.9. The Morgan fingerprint density at radius 3 is 1.83 bits per heavy atom. The number of hydrogen-bond donors (Lipinski definition) is 1. The van der Waals surface area contributed by atoms with Gasteiger partial charge >= 0.3 is 0 Å². The molecule has 1 heterocycles. The minimum Gasteiger partial charge on any atom is -0.388 e. The minimum absolute atomic E-state index is 0.261. The SMILES string of the molecule is O=C(CO)c1ccc(N(c2ccccc2)c2ccccc2)cn1. The molecule has 0 saturated heterocycles. The number of nitrogens with zero attached hydrogens (tertiary/aromatic N) is 2. The standard InChI is InChI=1S/C19H16N2O2/c22-14-19(23)18-12-11-17(13-20-18)21(15-7-3-1-4-8-15)16-9-5-2-6-10-16/h1-13,22H,14H2. The molecule has 0 aliphatic heterocycles. The van der Waals surface area contributed by atoms with Crippen LogP contribution in [-0.2, 0) is 0 Å². The van der Waals surface area contributed by atoms with Crippen molar-refractivity contribution < 1.29 is 9.90 Å². The molecule has 23 heavy (non-hydrogen) atoms. The fourth-order valence-corrected chi connectivity index (χ4v) is 2.37. The molecule has 0 aliphatic carbocycles. The lowest BCUT2D eigenvalue weighted by molar-refractivity contribution is 0.0898. The van der Waals surface area contributed by atoms with Gasteiger partial charge in [0, 0.05) is 11.4 Å². The molecular formula is C19H16N2O2. The number of aromatic nitrogens is 1. The average molecular weight is 304 g/mol. The molecule has 0 aliphatic rings. The van der Waals surface area contributed by atoms with Crippen LogP contribution >= 0.6 is 0 Å². The number of benzene rings is 2. The molecule has 0 bridgehead atoms. The Labute approximate surface area is 134 Å². The van der Waals surface area contributed by atoms with Gasteiger partial charge in [0.05, 0.1) is 11.9 Å². The smallest absolute Gasteiger partial charge is 0.206 e. The molecule has 4 heteroatoms. The summed E-state index contributed by atoms with van der Waals surface area (Å²) in [6.45, 7) is -0.534. The Morgan fingerprint density at radius 2 is 1.39 bits per heavy atom. The number of aliphatic hydroxyl groups excluding tert-OH is 1. The van der Waals surface area contributed by atoms with Gasteiger partial charge in [0.1, 0.15) is 12.3 Å². The maximum absolute atomic E-state index is 11.5. The second-order valence-electron chi connectivity index (χ2n) is 4.99. The highest BCUT2D eigenvalue weighted by Gasteiger charge is 2.13. The van der Waals surface area contributed by atoms with Crippen molar-refractivity contribution in [2.24, 2.45) is 0 Å². The van der Waals surface area contributed by atoms with Crippen molar-refractivity contribution >= 4 is 22.8 Å². The molecule has 114 valence electrons. The van der Waals surface area contributed by atoms with E-state index in [9.17, 15) is 4.79 Å². The molecule has 1 N–H and O–H groups in total. The van der Waals surface area contributed by atoms with Crippen molar-refractivity contribution in [3.05, 3.63) is 84.7 Å². The summed E-state index contributed by atoms with van der Waals surface area (Å²) in [5.41, 5.74) is 3.11. The highest BCUT2D eigenvalue weighted by atomic mass is 16.3. The minimum atomic E-state index is -0.534. The van der Waals surface area contributed by atoms with Crippen molar-refractivity contribution in [2.45, 2.75) is 0 Å². The summed E-state index contributed by atoms with van der Waals surface area (Å²) < 4.78 is 0. The first-order valence-electron chi connectivity index (χ1n) is 7.30. The maximum atomic E-state index is 11.5. The van der Waals surface area contributed by atoms with Crippen molar-refractivity contribution in [3.63, 3.8) is 0 Å². The predicted molar refractivity (Wildman–Crippen MR) is 90.3 cm³/mol. The number of aliphatic hydroxyl groups is 1. The van der Waals surface area contributed by atoms with Gasteiger partial charge < -0.3 is 10.0 Å². The molecule has 0 fully saturated rings. The molecule has 0 amide bonds. The lowest BCUT2D eigenvalue weighted by Gasteiger charge is -2.25. The molecular weight excluding hydrogens is 288 g/mol. The Balaban J connectivity index is 2.04. The van der Waals surface area contributed by atoms with Gasteiger partial charge in [0.2, 0.25) is 5.78 Å². The summed E-state index contributed by atoms with van der Waals surface area (Å²) in [4.78, 5) is 17.7. The van der Waals surface area contributed by atoms with Crippen LogP contribution in [0.4, 0.5) is 17.1 Å². The third kappa shape index (κ3) is 3.27. The van der Waals surface area contributed by atoms with E-state index in [-0.39, 0.29) is 11.5 Å². The molecule has 3 rings (SSSR count). The van der Waals surface area contributed by atoms with E-state index in [1.807, 2.05) is 66.7 Å². The maximum Gasteiger partial charge on any atom is 0.206 e. The molecule has 0 saturated carbocycles. The highest BCUT2D eigenvalue weighted by molar-refractivity contribution is 5.95. The largest absolute Gasteiger partial charge is 0.388 e. The van der Waals surface area contributed by atoms with Gasteiger partial charge in [-0.25, -0.2) is 0 Å². The first-order chi connectivity index (χ1) is 11.3. The van der Waals surface area contributed by atoms with E-state index in [2.05, 4.69) is 9.88 Å². The van der Waals surface area contributed by atoms with E-state index >= 15 is 0 Å². The van der Waals surface area contributed by atoms with Gasteiger partial charge in [0.15, 0.2) is 0 Å². The first-order valence-corrected chi connectivity index (χ1v) is 7.30. The van der Waals surface area contributed by atoms with E-state index in [0.29, 0.717) is 0 Å². The third-order valence-corrected chi connectivity index (χ3v) is 3.46. The second kappa shape index (κ2) is 6.85. The molecule has 0 spiro atoms. The quantitative estimate of drug-likeness (QED) is 0.730. The van der Waals surface area contributed by atoms with Gasteiger partial charge in [0.25, 0.3) is 0 Å². The Hall–Kier alpha value is -2.98. The number of rotatable bonds is 5. The van der Waals surface area contributed by atoms with Crippen LogP contribution in [0.25, 0.3) is 0 Å². The van der Waals surface area contributed by atoms with E-state index in [4.69, 9.17) is 5.11 Å². The lowest BCUT2D eigenvalue weighted by atomic mass is 10.2. The zero-order chi connectivity index (χ0) is 16.1. The van der Waals surface area contributed by atoms with Gasteiger partial charge in [-0.2, -0.15) is 0 Å². The van der Waals surface area contributed by atoms with Crippen molar-refractivity contribution in [1.29, 1.82) is 0 Å². The van der Waals surface area contributed by atoms with Crippen LogP contribution in [0.2, 0.25) is 0 Å². The van der Waals surface area contributed by atoms with Crippen molar-refractivity contribution in [1.82, 2.24) is 4.98 Å². The van der Waals surface area contributed by atoms with Gasteiger partial charge in [-0.1, -0.05) is 36.4 Å². The fourth-order valence-electron chi connectivity index (χ4n) is 2.37. The monoisotopic (exact) mass is 304 g/mol. The Bertz CT molecular complexity index is 732. The van der Waals surface area contributed by atoms with Crippen LogP contribution in [-0.4, -0.2) is 22.5 Å². The van der Waals surface area contributed by atoms with E-state index < -0.39 is 6.61 Å². The molecule has 3 aromatic rings. The van der Waals surface area contributed by atoms with Crippen LogP contribution in [0.1, 0.15) is 10.5 Å². The molecule has 0 radical (unpaired) electrons. The zero-order valence-electron chi connectivity index (χ0n) is 12.5. The fraction of sp³-hybridized carbons (Fsp3) is 0.0526. The number of hydrogen-bond acceptors (Lipinski definition) is 4. The zero-order valence-corrected chi connectivity index (χ0v) is 12.5. The van der Waals surface area contributed by atoms with Crippen molar-refractivity contribution in [3.8, 4) is 0 Å². The van der Waals surface area contributed by atoms with Crippen LogP contribution in [0.5, 0.6) is 0 Å². The number of ketones is 1. The molecule has 4 nitrogen and oxygen atoms in total. The summed E-state index contributed by atoms with van der Waals surface area (Å²) in [7, 11) is 0. The van der Waals surface area contributed by atoms with Crippen molar-refractivity contribution in [2.75, 3.05) is 11.5 Å². The van der Waals surface area contributed by atoms with Gasteiger partial charge in [-0.3, -0.25) is 9.78 Å². The highest BCUT2D eigenvalue weighted by Crippen LogP contribution is 2.33. The normalized spacial score (nSPS) is 10.3. The number of carbonyl (C=O) groups excluding carboxylic acids is 1. The van der Waals surface area contributed by atoms with Gasteiger partial charge in [-0.05, 0) is 36.4 Å². The molecule has 1 aromatic heterocycles. The second-order valence-corrected chi connectivity index (χ2v) is 4.99. The number of para-hydroxylation sites is 2. The third-order valence-electron chi connectivity index (χ3n) is 3.46. The summed E-state index contributed by atoms with van der Waals surface area (Å²) in [6.07, 6.45) is 1.64. The van der Waals surface area contributed by atoms with E-state index in [0.717, 1.165) is 17.1 Å². The topological polar surface area (TPSA) is 53.4 Å². The number of pyridine rings is 1. The average Bonchev–Trinajstić information content (AvgIpc) is 2.64. The van der Waals surface area contributed by atoms with Crippen LogP contribution in [0, 0.1) is 0 Å². The Morgan fingerprint density at radius 1 is 0.826 bits per heavy atom. The predicted octanol–water partition coefficient (Wildman–Crippen LogP) is 3.73. The van der Waals surface area contributed by atoms with E-state index in [1.54, 1.807) is 12.3 Å². The van der Waals surface area contributed by atoms with Crippen LogP contribution < -0.4 is 4.90 Å². The van der Waals surface area contributed by atoms with Crippen LogP contribution in [0.15, 0.2) is 79.0 Å². The molecule has 2 aromatic carbocycles. The number of carbonyl (C=O) groups is 1.